The number of nitrogens with two attached hydrogens (primary N) is 1. The van der Waals surface area contributed by atoms with E-state index in [1.165, 1.54) is 11.1 Å². The van der Waals surface area contributed by atoms with Crippen LogP contribution in [-0.2, 0) is 4.74 Å². The van der Waals surface area contributed by atoms with Crippen molar-refractivity contribution in [1.29, 1.82) is 0 Å². The van der Waals surface area contributed by atoms with Gasteiger partial charge in [-0.2, -0.15) is 0 Å². The number of rotatable bonds is 3. The van der Waals surface area contributed by atoms with Crippen LogP contribution in [0.15, 0.2) is 24.3 Å². The molecule has 0 spiro atoms. The van der Waals surface area contributed by atoms with Crippen LogP contribution in [0.4, 0.5) is 0 Å². The fraction of sp³-hybridized carbons (Fsp3) is 0.600. The summed E-state index contributed by atoms with van der Waals surface area (Å²) in [5.41, 5.74) is 8.99. The second-order valence-electron chi connectivity index (χ2n) is 5.59. The van der Waals surface area contributed by atoms with Gasteiger partial charge < -0.3 is 10.5 Å². The third-order valence-electron chi connectivity index (χ3n) is 4.11. The number of morpholine rings is 1. The highest BCUT2D eigenvalue weighted by Crippen LogP contribution is 2.31. The van der Waals surface area contributed by atoms with Gasteiger partial charge in [0.15, 0.2) is 0 Å². The SMILES string of the molecule is Cc1ccccc1C(N)C(C)(C)N1CCOCC1. The summed E-state index contributed by atoms with van der Waals surface area (Å²) < 4.78 is 5.42. The van der Waals surface area contributed by atoms with Crippen LogP contribution in [0.3, 0.4) is 0 Å². The third-order valence-corrected chi connectivity index (χ3v) is 4.11. The highest BCUT2D eigenvalue weighted by atomic mass is 16.5. The van der Waals surface area contributed by atoms with Crippen molar-refractivity contribution in [3.63, 3.8) is 0 Å². The van der Waals surface area contributed by atoms with E-state index in [9.17, 15) is 0 Å². The number of aryl methyl sites for hydroxylation is 1. The molecule has 1 fully saturated rings. The summed E-state index contributed by atoms with van der Waals surface area (Å²) in [6.45, 7) is 10.1. The van der Waals surface area contributed by atoms with Crippen molar-refractivity contribution in [2.45, 2.75) is 32.4 Å². The van der Waals surface area contributed by atoms with Gasteiger partial charge in [0.25, 0.3) is 0 Å². The molecule has 100 valence electrons. The first-order valence-electron chi connectivity index (χ1n) is 6.67. The van der Waals surface area contributed by atoms with E-state index in [1.54, 1.807) is 0 Å². The molecule has 0 aromatic heterocycles. The van der Waals surface area contributed by atoms with E-state index in [-0.39, 0.29) is 11.6 Å². The Labute approximate surface area is 110 Å². The van der Waals surface area contributed by atoms with Crippen LogP contribution in [0.5, 0.6) is 0 Å². The van der Waals surface area contributed by atoms with Crippen molar-refractivity contribution in [2.75, 3.05) is 26.3 Å². The lowest BCUT2D eigenvalue weighted by atomic mass is 9.85. The molecule has 1 unspecified atom stereocenters. The lowest BCUT2D eigenvalue weighted by Crippen LogP contribution is -2.55. The Bertz CT molecular complexity index is 397. The standard InChI is InChI=1S/C15H24N2O/c1-12-6-4-5-7-13(12)14(16)15(2,3)17-8-10-18-11-9-17/h4-7,14H,8-11,16H2,1-3H3. The molecule has 1 saturated heterocycles. The molecule has 0 bridgehead atoms. The average Bonchev–Trinajstić information content (AvgIpc) is 2.39. The zero-order chi connectivity index (χ0) is 13.2. The summed E-state index contributed by atoms with van der Waals surface area (Å²) in [6.07, 6.45) is 0. The first kappa shape index (κ1) is 13.5. The van der Waals surface area contributed by atoms with Crippen molar-refractivity contribution in [2.24, 2.45) is 5.73 Å². The molecule has 1 aromatic rings. The summed E-state index contributed by atoms with van der Waals surface area (Å²) in [7, 11) is 0. The Morgan fingerprint density at radius 3 is 2.44 bits per heavy atom. The van der Waals surface area contributed by atoms with Crippen LogP contribution >= 0.6 is 0 Å². The zero-order valence-electron chi connectivity index (χ0n) is 11.6. The van der Waals surface area contributed by atoms with Crippen molar-refractivity contribution in [3.8, 4) is 0 Å². The van der Waals surface area contributed by atoms with Gasteiger partial charge in [-0.1, -0.05) is 24.3 Å². The maximum Gasteiger partial charge on any atom is 0.0594 e. The second-order valence-corrected chi connectivity index (χ2v) is 5.59. The van der Waals surface area contributed by atoms with Gasteiger partial charge in [0.1, 0.15) is 0 Å². The van der Waals surface area contributed by atoms with E-state index in [0.717, 1.165) is 26.3 Å². The first-order chi connectivity index (χ1) is 8.53. The predicted molar refractivity (Wildman–Crippen MR) is 74.6 cm³/mol. The molecule has 1 heterocycles. The fourth-order valence-electron chi connectivity index (χ4n) is 2.65. The zero-order valence-corrected chi connectivity index (χ0v) is 11.6. The summed E-state index contributed by atoms with van der Waals surface area (Å²) in [5, 5.41) is 0. The first-order valence-corrected chi connectivity index (χ1v) is 6.67. The molecule has 0 aliphatic carbocycles. The van der Waals surface area contributed by atoms with Crippen molar-refractivity contribution >= 4 is 0 Å². The molecule has 0 amide bonds. The number of hydrogen-bond donors (Lipinski definition) is 1. The van der Waals surface area contributed by atoms with Crippen LogP contribution in [-0.4, -0.2) is 36.7 Å². The van der Waals surface area contributed by atoms with Gasteiger partial charge in [-0.3, -0.25) is 4.90 Å². The molecule has 1 aromatic carbocycles. The van der Waals surface area contributed by atoms with Gasteiger partial charge in [-0.05, 0) is 31.9 Å². The number of nitrogens with zero attached hydrogens (tertiary/aromatic N) is 1. The smallest absolute Gasteiger partial charge is 0.0594 e. The van der Waals surface area contributed by atoms with Crippen LogP contribution in [0.1, 0.15) is 31.0 Å². The predicted octanol–water partition coefficient (Wildman–Crippen LogP) is 2.11. The number of ether oxygens (including phenoxy) is 1. The van der Waals surface area contributed by atoms with Gasteiger partial charge in [0.05, 0.1) is 13.2 Å². The fourth-order valence-corrected chi connectivity index (χ4v) is 2.65. The van der Waals surface area contributed by atoms with Gasteiger partial charge >= 0.3 is 0 Å². The molecule has 0 saturated carbocycles. The normalized spacial score (nSPS) is 19.8. The topological polar surface area (TPSA) is 38.5 Å². The van der Waals surface area contributed by atoms with Crippen LogP contribution in [0, 0.1) is 6.92 Å². The highest BCUT2D eigenvalue weighted by molar-refractivity contribution is 5.30. The van der Waals surface area contributed by atoms with Crippen molar-refractivity contribution < 1.29 is 4.74 Å². The lowest BCUT2D eigenvalue weighted by molar-refractivity contribution is -0.0191. The second kappa shape index (κ2) is 5.39. The molecule has 2 N–H and O–H groups in total. The minimum Gasteiger partial charge on any atom is -0.379 e. The third kappa shape index (κ3) is 2.58. The largest absolute Gasteiger partial charge is 0.379 e. The summed E-state index contributed by atoms with van der Waals surface area (Å²) >= 11 is 0. The summed E-state index contributed by atoms with van der Waals surface area (Å²) in [5.74, 6) is 0. The van der Waals surface area contributed by atoms with E-state index in [4.69, 9.17) is 10.5 Å². The van der Waals surface area contributed by atoms with E-state index >= 15 is 0 Å². The van der Waals surface area contributed by atoms with Crippen LogP contribution in [0.2, 0.25) is 0 Å². The van der Waals surface area contributed by atoms with Gasteiger partial charge in [0.2, 0.25) is 0 Å². The van der Waals surface area contributed by atoms with Gasteiger partial charge in [-0.15, -0.1) is 0 Å². The van der Waals surface area contributed by atoms with Crippen LogP contribution in [0.25, 0.3) is 0 Å². The van der Waals surface area contributed by atoms with E-state index in [0.29, 0.717) is 0 Å². The van der Waals surface area contributed by atoms with Gasteiger partial charge in [0, 0.05) is 24.7 Å². The quantitative estimate of drug-likeness (QED) is 0.890. The molecule has 2 rings (SSSR count). The average molecular weight is 248 g/mol. The Morgan fingerprint density at radius 1 is 1.22 bits per heavy atom. The molecule has 0 radical (unpaired) electrons. The molecule has 1 aliphatic rings. The van der Waals surface area contributed by atoms with Crippen LogP contribution < -0.4 is 5.73 Å². The molecule has 3 nitrogen and oxygen atoms in total. The minimum atomic E-state index is -0.0457. The number of benzene rings is 1. The number of hydrogen-bond acceptors (Lipinski definition) is 3. The van der Waals surface area contributed by atoms with Crippen molar-refractivity contribution in [3.05, 3.63) is 35.4 Å². The summed E-state index contributed by atoms with van der Waals surface area (Å²) in [4.78, 5) is 2.44. The monoisotopic (exact) mass is 248 g/mol. The van der Waals surface area contributed by atoms with E-state index < -0.39 is 0 Å². The molecular weight excluding hydrogens is 224 g/mol. The summed E-state index contributed by atoms with van der Waals surface area (Å²) in [6, 6.07) is 8.43. The Morgan fingerprint density at radius 2 is 1.83 bits per heavy atom. The van der Waals surface area contributed by atoms with E-state index in [1.807, 2.05) is 0 Å². The van der Waals surface area contributed by atoms with Gasteiger partial charge in [-0.25, -0.2) is 0 Å². The van der Waals surface area contributed by atoms with E-state index in [2.05, 4.69) is 49.9 Å². The minimum absolute atomic E-state index is 0.0248. The van der Waals surface area contributed by atoms with Crippen molar-refractivity contribution in [1.82, 2.24) is 4.90 Å². The Balaban J connectivity index is 2.20. The highest BCUT2D eigenvalue weighted by Gasteiger charge is 2.35. The maximum absolute atomic E-state index is 6.52. The Hall–Kier alpha value is -0.900. The molecular formula is C15H24N2O. The Kier molecular flexibility index (Phi) is 4.05. The lowest BCUT2D eigenvalue weighted by Gasteiger charge is -2.44. The molecule has 3 heteroatoms. The molecule has 18 heavy (non-hydrogen) atoms. The molecule has 1 atom stereocenters. The molecule has 1 aliphatic heterocycles. The maximum atomic E-state index is 6.52.